The van der Waals surface area contributed by atoms with Crippen LogP contribution in [0, 0.1) is 17.8 Å². The third kappa shape index (κ3) is 3.67. The van der Waals surface area contributed by atoms with Gasteiger partial charge in [0.15, 0.2) is 0 Å². The maximum absolute atomic E-state index is 12.9. The van der Waals surface area contributed by atoms with Gasteiger partial charge >= 0.3 is 0 Å². The number of allylic oxidation sites excluding steroid dienone is 2. The molecule has 7 nitrogen and oxygen atoms in total. The second-order valence-electron chi connectivity index (χ2n) is 7.73. The molecule has 160 valence electrons. The first-order chi connectivity index (χ1) is 14.9. The maximum Gasteiger partial charge on any atom is 0.255 e. The van der Waals surface area contributed by atoms with Crippen LogP contribution < -0.4 is 19.7 Å². The topological polar surface area (TPSA) is 84.9 Å². The Labute approximate surface area is 180 Å². The van der Waals surface area contributed by atoms with Crippen LogP contribution in [-0.4, -0.2) is 31.9 Å². The van der Waals surface area contributed by atoms with Crippen LogP contribution in [-0.2, 0) is 9.59 Å². The largest absolute Gasteiger partial charge is 0.497 e. The molecule has 1 saturated heterocycles. The van der Waals surface area contributed by atoms with Gasteiger partial charge in [-0.25, -0.2) is 0 Å². The summed E-state index contributed by atoms with van der Waals surface area (Å²) in [6.07, 6.45) is 4.55. The summed E-state index contributed by atoms with van der Waals surface area (Å²) in [5, 5.41) is 2.81. The number of nitrogens with zero attached hydrogens (tertiary/aromatic N) is 1. The number of rotatable bonds is 5. The number of ether oxygens (including phenoxy) is 2. The van der Waals surface area contributed by atoms with Crippen molar-refractivity contribution in [3.8, 4) is 11.5 Å². The number of carbonyl (C=O) groups excluding carboxylic acids is 3. The molecule has 3 amide bonds. The molecule has 7 heteroatoms. The molecule has 1 aliphatic carbocycles. The molecular formula is C24H24N2O5. The number of hydrogen-bond acceptors (Lipinski definition) is 5. The summed E-state index contributed by atoms with van der Waals surface area (Å²) in [4.78, 5) is 39.7. The van der Waals surface area contributed by atoms with E-state index in [0.717, 1.165) is 0 Å². The Bertz CT molecular complexity index is 1060. The molecule has 0 aromatic heterocycles. The van der Waals surface area contributed by atoms with Crippen molar-refractivity contribution in [2.75, 3.05) is 24.4 Å². The predicted molar refractivity (Wildman–Crippen MR) is 116 cm³/mol. The van der Waals surface area contributed by atoms with Crippen molar-refractivity contribution < 1.29 is 23.9 Å². The van der Waals surface area contributed by atoms with E-state index < -0.39 is 0 Å². The monoisotopic (exact) mass is 420 g/mol. The lowest BCUT2D eigenvalue weighted by Gasteiger charge is -2.22. The van der Waals surface area contributed by atoms with Crippen LogP contribution in [0.5, 0.6) is 11.5 Å². The zero-order valence-electron chi connectivity index (χ0n) is 17.6. The first-order valence-electron chi connectivity index (χ1n) is 10.1. The van der Waals surface area contributed by atoms with E-state index in [1.165, 1.54) is 12.0 Å². The zero-order valence-corrected chi connectivity index (χ0v) is 17.6. The highest BCUT2D eigenvalue weighted by Gasteiger charge is 2.50. The fourth-order valence-electron chi connectivity index (χ4n) is 4.26. The summed E-state index contributed by atoms with van der Waals surface area (Å²) in [5.41, 5.74) is 1.39. The fourth-order valence-corrected chi connectivity index (χ4v) is 4.26. The third-order valence-electron chi connectivity index (χ3n) is 5.92. The number of benzene rings is 2. The zero-order chi connectivity index (χ0) is 22.1. The Hall–Kier alpha value is -3.61. The average Bonchev–Trinajstić information content (AvgIpc) is 3.05. The summed E-state index contributed by atoms with van der Waals surface area (Å²) in [7, 11) is 3.06. The number of fused-ring (bicyclic) bond motifs is 1. The van der Waals surface area contributed by atoms with Crippen molar-refractivity contribution >= 4 is 29.1 Å². The van der Waals surface area contributed by atoms with Gasteiger partial charge in [0.05, 0.1) is 37.4 Å². The molecule has 0 spiro atoms. The predicted octanol–water partition coefficient (Wildman–Crippen LogP) is 3.66. The van der Waals surface area contributed by atoms with Gasteiger partial charge < -0.3 is 14.8 Å². The van der Waals surface area contributed by atoms with Gasteiger partial charge in [-0.15, -0.1) is 0 Å². The van der Waals surface area contributed by atoms with Crippen molar-refractivity contribution in [1.29, 1.82) is 0 Å². The summed E-state index contributed by atoms with van der Waals surface area (Å²) in [6, 6.07) is 11.6. The summed E-state index contributed by atoms with van der Waals surface area (Å²) >= 11 is 0. The molecule has 2 aromatic carbocycles. The molecule has 3 atom stereocenters. The van der Waals surface area contributed by atoms with Crippen LogP contribution in [0.15, 0.2) is 54.6 Å². The molecule has 1 N–H and O–H groups in total. The first-order valence-corrected chi connectivity index (χ1v) is 10.1. The normalized spacial score (nSPS) is 22.3. The Morgan fingerprint density at radius 3 is 2.42 bits per heavy atom. The van der Waals surface area contributed by atoms with Crippen LogP contribution in [0.4, 0.5) is 11.4 Å². The minimum atomic E-state index is -0.333. The van der Waals surface area contributed by atoms with Gasteiger partial charge in [-0.05, 0) is 48.7 Å². The van der Waals surface area contributed by atoms with Gasteiger partial charge in [-0.2, -0.15) is 0 Å². The lowest BCUT2D eigenvalue weighted by Crippen LogP contribution is -2.31. The van der Waals surface area contributed by atoms with Crippen LogP contribution >= 0.6 is 0 Å². The van der Waals surface area contributed by atoms with E-state index in [0.29, 0.717) is 34.9 Å². The second kappa shape index (κ2) is 8.26. The molecule has 0 bridgehead atoms. The standard InChI is InChI=1S/C24H24N2O5/c1-14-5-4-6-18-21(14)24(29)26(23(18)28)16-9-7-15(8-10-16)22(27)25-19-12-11-17(30-2)13-20(19)31-3/h4-5,7-14,18,21H,6H2,1-3H3,(H,25,27)/t14-,18-,21-/m1/s1. The van der Waals surface area contributed by atoms with E-state index in [9.17, 15) is 14.4 Å². The van der Waals surface area contributed by atoms with Gasteiger partial charge in [0.25, 0.3) is 5.91 Å². The molecule has 0 radical (unpaired) electrons. The molecular weight excluding hydrogens is 396 g/mol. The quantitative estimate of drug-likeness (QED) is 0.589. The van der Waals surface area contributed by atoms with E-state index in [1.54, 1.807) is 49.6 Å². The second-order valence-corrected chi connectivity index (χ2v) is 7.73. The van der Waals surface area contributed by atoms with E-state index in [2.05, 4.69) is 5.32 Å². The number of amides is 3. The van der Waals surface area contributed by atoms with E-state index >= 15 is 0 Å². The fraction of sp³-hybridized carbons (Fsp3) is 0.292. The van der Waals surface area contributed by atoms with Crippen molar-refractivity contribution in [3.63, 3.8) is 0 Å². The molecule has 1 heterocycles. The van der Waals surface area contributed by atoms with E-state index in [-0.39, 0.29) is 35.5 Å². The van der Waals surface area contributed by atoms with E-state index in [4.69, 9.17) is 9.47 Å². The SMILES string of the molecule is COc1ccc(NC(=O)c2ccc(N3C(=O)[C@@H]4[C@H](C)C=CC[C@H]4C3=O)cc2)c(OC)c1. The first kappa shape index (κ1) is 20.7. The van der Waals surface area contributed by atoms with Gasteiger partial charge in [-0.1, -0.05) is 19.1 Å². The molecule has 0 unspecified atom stereocenters. The minimum Gasteiger partial charge on any atom is -0.497 e. The number of anilines is 2. The van der Waals surface area contributed by atoms with Crippen LogP contribution in [0.25, 0.3) is 0 Å². The number of imide groups is 1. The number of nitrogens with one attached hydrogen (secondary N) is 1. The maximum atomic E-state index is 12.9. The molecule has 31 heavy (non-hydrogen) atoms. The molecule has 1 aliphatic heterocycles. The lowest BCUT2D eigenvalue weighted by atomic mass is 9.78. The highest BCUT2D eigenvalue weighted by Crippen LogP contribution is 2.40. The average molecular weight is 420 g/mol. The summed E-state index contributed by atoms with van der Waals surface area (Å²) in [6.45, 7) is 1.96. The van der Waals surface area contributed by atoms with Crippen molar-refractivity contribution in [2.24, 2.45) is 17.8 Å². The Balaban J connectivity index is 1.52. The van der Waals surface area contributed by atoms with Crippen molar-refractivity contribution in [2.45, 2.75) is 13.3 Å². The van der Waals surface area contributed by atoms with Gasteiger partial charge in [0, 0.05) is 11.6 Å². The Morgan fingerprint density at radius 1 is 1.03 bits per heavy atom. The van der Waals surface area contributed by atoms with Gasteiger partial charge in [-0.3, -0.25) is 19.3 Å². The summed E-state index contributed by atoms with van der Waals surface area (Å²) in [5.74, 6) is -0.183. The highest BCUT2D eigenvalue weighted by molar-refractivity contribution is 6.22. The molecule has 0 saturated carbocycles. The summed E-state index contributed by atoms with van der Waals surface area (Å²) < 4.78 is 10.5. The number of methoxy groups -OCH3 is 2. The van der Waals surface area contributed by atoms with Crippen LogP contribution in [0.1, 0.15) is 23.7 Å². The van der Waals surface area contributed by atoms with Crippen LogP contribution in [0.2, 0.25) is 0 Å². The Kier molecular flexibility index (Phi) is 5.50. The smallest absolute Gasteiger partial charge is 0.255 e. The lowest BCUT2D eigenvalue weighted by molar-refractivity contribution is -0.122. The number of hydrogen-bond donors (Lipinski definition) is 1. The van der Waals surface area contributed by atoms with E-state index in [1.807, 2.05) is 19.1 Å². The Morgan fingerprint density at radius 2 is 1.77 bits per heavy atom. The highest BCUT2D eigenvalue weighted by atomic mass is 16.5. The molecule has 2 aromatic rings. The molecule has 4 rings (SSSR count). The molecule has 1 fully saturated rings. The van der Waals surface area contributed by atoms with Gasteiger partial charge in [0.1, 0.15) is 11.5 Å². The third-order valence-corrected chi connectivity index (χ3v) is 5.92. The van der Waals surface area contributed by atoms with Gasteiger partial charge in [0.2, 0.25) is 11.8 Å². The van der Waals surface area contributed by atoms with Crippen molar-refractivity contribution in [1.82, 2.24) is 0 Å². The minimum absolute atomic E-state index is 0.0322. The van der Waals surface area contributed by atoms with Crippen LogP contribution in [0.3, 0.4) is 0 Å². The number of carbonyl (C=O) groups is 3. The molecule has 2 aliphatic rings. The van der Waals surface area contributed by atoms with Crippen molar-refractivity contribution in [3.05, 3.63) is 60.2 Å².